The molecule has 0 unspecified atom stereocenters. The molecule has 0 N–H and O–H groups in total. The number of hydrogen-bond donors (Lipinski definition) is 0. The summed E-state index contributed by atoms with van der Waals surface area (Å²) < 4.78 is 0. The summed E-state index contributed by atoms with van der Waals surface area (Å²) in [4.78, 5) is 14.1. The standard InChI is InChI=1S/C16H23NOS/c1-14-7-10-17(11-8-14)16(18)9-12-19-13-15-5-3-2-4-6-15/h2-6,14H,7-13H2,1H3. The summed E-state index contributed by atoms with van der Waals surface area (Å²) in [6, 6.07) is 10.4. The van der Waals surface area contributed by atoms with Gasteiger partial charge in [-0.3, -0.25) is 4.79 Å². The van der Waals surface area contributed by atoms with Crippen molar-refractivity contribution in [2.75, 3.05) is 18.8 Å². The van der Waals surface area contributed by atoms with Crippen molar-refractivity contribution in [3.63, 3.8) is 0 Å². The maximum atomic E-state index is 12.0. The zero-order valence-electron chi connectivity index (χ0n) is 11.7. The summed E-state index contributed by atoms with van der Waals surface area (Å²) in [5.74, 6) is 3.06. The summed E-state index contributed by atoms with van der Waals surface area (Å²) in [5.41, 5.74) is 1.34. The first kappa shape index (κ1) is 14.4. The van der Waals surface area contributed by atoms with Crippen LogP contribution in [0.2, 0.25) is 0 Å². The molecule has 1 aliphatic heterocycles. The van der Waals surface area contributed by atoms with Gasteiger partial charge in [-0.15, -0.1) is 0 Å². The largest absolute Gasteiger partial charge is 0.343 e. The fourth-order valence-electron chi connectivity index (χ4n) is 2.34. The number of likely N-dealkylation sites (tertiary alicyclic amines) is 1. The van der Waals surface area contributed by atoms with E-state index in [4.69, 9.17) is 0 Å². The van der Waals surface area contributed by atoms with Gasteiger partial charge in [-0.25, -0.2) is 0 Å². The first-order valence-corrected chi connectivity index (χ1v) is 8.30. The highest BCUT2D eigenvalue weighted by molar-refractivity contribution is 7.98. The van der Waals surface area contributed by atoms with Crippen LogP contribution in [0, 0.1) is 5.92 Å². The van der Waals surface area contributed by atoms with E-state index in [1.165, 1.54) is 18.4 Å². The lowest BCUT2D eigenvalue weighted by molar-refractivity contribution is -0.132. The minimum absolute atomic E-state index is 0.340. The zero-order valence-corrected chi connectivity index (χ0v) is 12.5. The number of carbonyl (C=O) groups excluding carboxylic acids is 1. The highest BCUT2D eigenvalue weighted by atomic mass is 32.2. The Hall–Kier alpha value is -0.960. The highest BCUT2D eigenvalue weighted by Gasteiger charge is 2.19. The number of thioether (sulfide) groups is 1. The Kier molecular flexibility index (Phi) is 5.77. The maximum Gasteiger partial charge on any atom is 0.223 e. The fraction of sp³-hybridized carbons (Fsp3) is 0.562. The summed E-state index contributed by atoms with van der Waals surface area (Å²) in [7, 11) is 0. The minimum atomic E-state index is 0.340. The van der Waals surface area contributed by atoms with E-state index in [0.29, 0.717) is 12.3 Å². The van der Waals surface area contributed by atoms with Crippen molar-refractivity contribution in [1.29, 1.82) is 0 Å². The molecule has 1 fully saturated rings. The van der Waals surface area contributed by atoms with Gasteiger partial charge in [0.25, 0.3) is 0 Å². The zero-order chi connectivity index (χ0) is 13.5. The molecule has 1 aromatic rings. The number of piperidine rings is 1. The second kappa shape index (κ2) is 7.59. The molecule has 104 valence electrons. The summed E-state index contributed by atoms with van der Waals surface area (Å²) >= 11 is 1.85. The third-order valence-corrected chi connectivity index (χ3v) is 4.74. The molecule has 1 saturated heterocycles. The van der Waals surface area contributed by atoms with Gasteiger partial charge in [-0.2, -0.15) is 11.8 Å². The summed E-state index contributed by atoms with van der Waals surface area (Å²) in [6.07, 6.45) is 3.03. The predicted octanol–water partition coefficient (Wildman–Crippen LogP) is 3.57. The monoisotopic (exact) mass is 277 g/mol. The van der Waals surface area contributed by atoms with E-state index in [0.717, 1.165) is 30.5 Å². The second-order valence-electron chi connectivity index (χ2n) is 5.35. The Morgan fingerprint density at radius 3 is 2.63 bits per heavy atom. The van der Waals surface area contributed by atoms with Crippen LogP contribution in [0.25, 0.3) is 0 Å². The third kappa shape index (κ3) is 4.90. The molecule has 1 aliphatic rings. The van der Waals surface area contributed by atoms with Crippen molar-refractivity contribution in [2.24, 2.45) is 5.92 Å². The fourth-order valence-corrected chi connectivity index (χ4v) is 3.23. The number of amides is 1. The molecule has 0 saturated carbocycles. The minimum Gasteiger partial charge on any atom is -0.343 e. The number of benzene rings is 1. The van der Waals surface area contributed by atoms with E-state index in [-0.39, 0.29) is 0 Å². The molecule has 2 rings (SSSR count). The molecule has 1 amide bonds. The van der Waals surface area contributed by atoms with Crippen molar-refractivity contribution < 1.29 is 4.79 Å². The topological polar surface area (TPSA) is 20.3 Å². The maximum absolute atomic E-state index is 12.0. The van der Waals surface area contributed by atoms with Crippen LogP contribution in [-0.2, 0) is 10.5 Å². The highest BCUT2D eigenvalue weighted by Crippen LogP contribution is 2.18. The molecule has 19 heavy (non-hydrogen) atoms. The molecule has 0 aromatic heterocycles. The molecule has 0 radical (unpaired) electrons. The Balaban J connectivity index is 1.61. The van der Waals surface area contributed by atoms with E-state index in [1.54, 1.807) is 0 Å². The second-order valence-corrected chi connectivity index (χ2v) is 6.46. The summed E-state index contributed by atoms with van der Waals surface area (Å²) in [5, 5.41) is 0. The van der Waals surface area contributed by atoms with Crippen molar-refractivity contribution in [1.82, 2.24) is 4.90 Å². The molecule has 0 atom stereocenters. The molecule has 0 bridgehead atoms. The Morgan fingerprint density at radius 2 is 1.95 bits per heavy atom. The van der Waals surface area contributed by atoms with Crippen LogP contribution in [0.1, 0.15) is 31.7 Å². The van der Waals surface area contributed by atoms with Gasteiger partial charge >= 0.3 is 0 Å². The lowest BCUT2D eigenvalue weighted by Gasteiger charge is -2.30. The quantitative estimate of drug-likeness (QED) is 0.767. The van der Waals surface area contributed by atoms with Crippen LogP contribution in [-0.4, -0.2) is 29.6 Å². The Bertz CT molecular complexity index is 385. The van der Waals surface area contributed by atoms with E-state index in [1.807, 2.05) is 22.7 Å². The Morgan fingerprint density at radius 1 is 1.26 bits per heavy atom. The molecular formula is C16H23NOS. The SMILES string of the molecule is CC1CCN(C(=O)CCSCc2ccccc2)CC1. The van der Waals surface area contributed by atoms with Crippen LogP contribution in [0.15, 0.2) is 30.3 Å². The average Bonchev–Trinajstić information content (AvgIpc) is 2.45. The van der Waals surface area contributed by atoms with Crippen LogP contribution in [0.5, 0.6) is 0 Å². The first-order chi connectivity index (χ1) is 9.25. The van der Waals surface area contributed by atoms with Gasteiger partial charge in [0.05, 0.1) is 0 Å². The van der Waals surface area contributed by atoms with Crippen LogP contribution in [0.3, 0.4) is 0 Å². The molecule has 0 aliphatic carbocycles. The summed E-state index contributed by atoms with van der Waals surface area (Å²) in [6.45, 7) is 4.20. The van der Waals surface area contributed by atoms with E-state index in [2.05, 4.69) is 31.2 Å². The van der Waals surface area contributed by atoms with E-state index >= 15 is 0 Å². The average molecular weight is 277 g/mol. The van der Waals surface area contributed by atoms with Gasteiger partial charge in [-0.1, -0.05) is 37.3 Å². The third-order valence-electron chi connectivity index (χ3n) is 3.71. The van der Waals surface area contributed by atoms with Gasteiger partial charge in [0, 0.05) is 31.0 Å². The molecule has 1 heterocycles. The van der Waals surface area contributed by atoms with Crippen LogP contribution >= 0.6 is 11.8 Å². The van der Waals surface area contributed by atoms with Crippen molar-refractivity contribution >= 4 is 17.7 Å². The lowest BCUT2D eigenvalue weighted by Crippen LogP contribution is -2.38. The van der Waals surface area contributed by atoms with E-state index < -0.39 is 0 Å². The van der Waals surface area contributed by atoms with Gasteiger partial charge < -0.3 is 4.90 Å². The van der Waals surface area contributed by atoms with Crippen LogP contribution < -0.4 is 0 Å². The van der Waals surface area contributed by atoms with Crippen molar-refractivity contribution in [3.05, 3.63) is 35.9 Å². The number of hydrogen-bond acceptors (Lipinski definition) is 2. The van der Waals surface area contributed by atoms with Crippen molar-refractivity contribution in [2.45, 2.75) is 31.9 Å². The van der Waals surface area contributed by atoms with Crippen molar-refractivity contribution in [3.8, 4) is 0 Å². The molecule has 3 heteroatoms. The first-order valence-electron chi connectivity index (χ1n) is 7.15. The number of rotatable bonds is 5. The van der Waals surface area contributed by atoms with Gasteiger partial charge in [0.1, 0.15) is 0 Å². The number of nitrogens with zero attached hydrogens (tertiary/aromatic N) is 1. The molecule has 2 nitrogen and oxygen atoms in total. The van der Waals surface area contributed by atoms with E-state index in [9.17, 15) is 4.79 Å². The number of carbonyl (C=O) groups is 1. The lowest BCUT2D eigenvalue weighted by atomic mass is 9.99. The predicted molar refractivity (Wildman–Crippen MR) is 82.2 cm³/mol. The molecule has 0 spiro atoms. The molecule has 1 aromatic carbocycles. The van der Waals surface area contributed by atoms with Crippen LogP contribution in [0.4, 0.5) is 0 Å². The normalized spacial score (nSPS) is 16.6. The van der Waals surface area contributed by atoms with Gasteiger partial charge in [0.2, 0.25) is 5.91 Å². The molecular weight excluding hydrogens is 254 g/mol. The van der Waals surface area contributed by atoms with Gasteiger partial charge in [-0.05, 0) is 24.3 Å². The Labute approximate surface area is 120 Å². The van der Waals surface area contributed by atoms with Gasteiger partial charge in [0.15, 0.2) is 0 Å². The smallest absolute Gasteiger partial charge is 0.223 e.